The van der Waals surface area contributed by atoms with Crippen LogP contribution in [0.15, 0.2) is 60.7 Å². The zero-order valence-electron chi connectivity index (χ0n) is 16.5. The molecule has 2 aromatic carbocycles. The van der Waals surface area contributed by atoms with Crippen molar-refractivity contribution >= 4 is 0 Å². The average molecular weight is 368 g/mol. The molecule has 27 heavy (non-hydrogen) atoms. The lowest BCUT2D eigenvalue weighted by atomic mass is 9.91. The van der Waals surface area contributed by atoms with Crippen LogP contribution in [0.1, 0.15) is 49.9 Å². The molecule has 1 aliphatic heterocycles. The number of aliphatic hydroxyl groups excluding tert-OH is 1. The Hall–Kier alpha value is -1.72. The van der Waals surface area contributed by atoms with E-state index in [0.717, 1.165) is 25.9 Å². The highest BCUT2D eigenvalue weighted by Crippen LogP contribution is 2.32. The number of aliphatic hydroxyl groups is 1. The van der Waals surface area contributed by atoms with Crippen LogP contribution in [0, 0.1) is 0 Å². The summed E-state index contributed by atoms with van der Waals surface area (Å²) in [5.74, 6) is 0. The molecule has 146 valence electrons. The van der Waals surface area contributed by atoms with E-state index in [9.17, 15) is 0 Å². The third-order valence-electron chi connectivity index (χ3n) is 5.44. The summed E-state index contributed by atoms with van der Waals surface area (Å²) in [7, 11) is 0. The van der Waals surface area contributed by atoms with Crippen LogP contribution in [0.3, 0.4) is 0 Å². The highest BCUT2D eigenvalue weighted by Gasteiger charge is 2.34. The van der Waals surface area contributed by atoms with Gasteiger partial charge in [0, 0.05) is 25.7 Å². The van der Waals surface area contributed by atoms with Gasteiger partial charge in [-0.15, -0.1) is 0 Å². The van der Waals surface area contributed by atoms with Crippen molar-refractivity contribution in [2.45, 2.75) is 51.0 Å². The molecule has 0 radical (unpaired) electrons. The molecule has 2 aromatic rings. The molecule has 0 aromatic heterocycles. The van der Waals surface area contributed by atoms with Crippen molar-refractivity contribution in [3.8, 4) is 0 Å². The number of piperazine rings is 1. The van der Waals surface area contributed by atoms with Gasteiger partial charge in [-0.25, -0.2) is 0 Å². The smallest absolute Gasteiger partial charge is 0.0733 e. The van der Waals surface area contributed by atoms with E-state index in [2.05, 4.69) is 90.0 Å². The van der Waals surface area contributed by atoms with E-state index >= 15 is 0 Å². The molecule has 0 aliphatic carbocycles. The van der Waals surface area contributed by atoms with E-state index in [1.54, 1.807) is 0 Å². The molecule has 1 aliphatic rings. The van der Waals surface area contributed by atoms with Crippen molar-refractivity contribution in [3.05, 3.63) is 71.8 Å². The molecule has 3 rings (SSSR count). The van der Waals surface area contributed by atoms with Gasteiger partial charge >= 0.3 is 0 Å². The molecule has 4 heteroatoms. The Morgan fingerprint density at radius 3 is 2.07 bits per heavy atom. The van der Waals surface area contributed by atoms with E-state index in [1.807, 2.05) is 0 Å². The zero-order chi connectivity index (χ0) is 19.1. The highest BCUT2D eigenvalue weighted by molar-refractivity contribution is 5.28. The minimum absolute atomic E-state index is 0.214. The SMILES string of the molecule is CC(C)N(CCCCO)C1CNC(c2ccccc2)C(c2ccccc2)N1. The molecule has 3 unspecified atom stereocenters. The van der Waals surface area contributed by atoms with E-state index in [1.165, 1.54) is 11.1 Å². The van der Waals surface area contributed by atoms with Crippen molar-refractivity contribution in [1.29, 1.82) is 0 Å². The largest absolute Gasteiger partial charge is 0.396 e. The number of hydrogen-bond donors (Lipinski definition) is 3. The molecule has 0 bridgehead atoms. The van der Waals surface area contributed by atoms with Crippen LogP contribution in [0.5, 0.6) is 0 Å². The van der Waals surface area contributed by atoms with Crippen molar-refractivity contribution in [2.24, 2.45) is 0 Å². The van der Waals surface area contributed by atoms with Gasteiger partial charge in [0.05, 0.1) is 18.2 Å². The Morgan fingerprint density at radius 2 is 1.52 bits per heavy atom. The fraction of sp³-hybridized carbons (Fsp3) is 0.478. The minimum atomic E-state index is 0.214. The van der Waals surface area contributed by atoms with E-state index in [4.69, 9.17) is 5.11 Å². The van der Waals surface area contributed by atoms with Gasteiger partial charge in [0.1, 0.15) is 0 Å². The summed E-state index contributed by atoms with van der Waals surface area (Å²) in [6.45, 7) is 6.67. The maximum Gasteiger partial charge on any atom is 0.0733 e. The lowest BCUT2D eigenvalue weighted by Crippen LogP contribution is -2.60. The molecule has 4 nitrogen and oxygen atoms in total. The summed E-state index contributed by atoms with van der Waals surface area (Å²) in [5, 5.41) is 16.9. The summed E-state index contributed by atoms with van der Waals surface area (Å²) >= 11 is 0. The minimum Gasteiger partial charge on any atom is -0.396 e. The predicted molar refractivity (Wildman–Crippen MR) is 111 cm³/mol. The molecule has 1 heterocycles. The summed E-state index contributed by atoms with van der Waals surface area (Å²) in [4.78, 5) is 2.51. The molecule has 3 N–H and O–H groups in total. The quantitative estimate of drug-likeness (QED) is 0.625. The average Bonchev–Trinajstić information content (AvgIpc) is 2.72. The Balaban J connectivity index is 1.81. The molecule has 1 saturated heterocycles. The second kappa shape index (κ2) is 10.00. The number of rotatable bonds is 8. The van der Waals surface area contributed by atoms with Crippen LogP contribution in [-0.4, -0.2) is 41.9 Å². The summed E-state index contributed by atoms with van der Waals surface area (Å²) in [6.07, 6.45) is 2.15. The molecule has 0 spiro atoms. The second-order valence-corrected chi connectivity index (χ2v) is 7.63. The van der Waals surface area contributed by atoms with Crippen LogP contribution in [-0.2, 0) is 0 Å². The Kier molecular flexibility index (Phi) is 7.41. The lowest BCUT2D eigenvalue weighted by Gasteiger charge is -2.45. The van der Waals surface area contributed by atoms with E-state index < -0.39 is 0 Å². The van der Waals surface area contributed by atoms with Gasteiger partial charge < -0.3 is 10.4 Å². The molecule has 0 saturated carbocycles. The number of nitrogens with zero attached hydrogens (tertiary/aromatic N) is 1. The zero-order valence-corrected chi connectivity index (χ0v) is 16.5. The predicted octanol–water partition coefficient (Wildman–Crippen LogP) is 3.47. The fourth-order valence-electron chi connectivity index (χ4n) is 4.03. The Labute approximate surface area is 163 Å². The summed E-state index contributed by atoms with van der Waals surface area (Å²) < 4.78 is 0. The fourth-order valence-corrected chi connectivity index (χ4v) is 4.03. The normalized spacial score (nSPS) is 23.1. The van der Waals surface area contributed by atoms with E-state index in [0.29, 0.717) is 6.04 Å². The van der Waals surface area contributed by atoms with Crippen molar-refractivity contribution in [2.75, 3.05) is 19.7 Å². The topological polar surface area (TPSA) is 47.5 Å². The van der Waals surface area contributed by atoms with Gasteiger partial charge in [-0.1, -0.05) is 60.7 Å². The van der Waals surface area contributed by atoms with Crippen LogP contribution in [0.2, 0.25) is 0 Å². The Morgan fingerprint density at radius 1 is 0.926 bits per heavy atom. The molecule has 0 amide bonds. The molecule has 3 atom stereocenters. The first kappa shape index (κ1) is 20.0. The number of hydrogen-bond acceptors (Lipinski definition) is 4. The third kappa shape index (κ3) is 5.17. The number of nitrogens with one attached hydrogen (secondary N) is 2. The molecular formula is C23H33N3O. The van der Waals surface area contributed by atoms with Gasteiger partial charge in [-0.2, -0.15) is 0 Å². The van der Waals surface area contributed by atoms with Crippen molar-refractivity contribution < 1.29 is 5.11 Å². The molecule has 1 fully saturated rings. The first-order valence-electron chi connectivity index (χ1n) is 10.2. The van der Waals surface area contributed by atoms with Crippen molar-refractivity contribution in [3.63, 3.8) is 0 Å². The standard InChI is InChI=1S/C23H33N3O/c1-18(2)26(15-9-10-16-27)21-17-24-22(19-11-5-3-6-12-19)23(25-21)20-13-7-4-8-14-20/h3-8,11-14,18,21-25,27H,9-10,15-17H2,1-2H3. The number of unbranched alkanes of at least 4 members (excludes halogenated alkanes) is 1. The highest BCUT2D eigenvalue weighted by atomic mass is 16.2. The van der Waals surface area contributed by atoms with Gasteiger partial charge in [-0.3, -0.25) is 10.2 Å². The van der Waals surface area contributed by atoms with Crippen LogP contribution in [0.4, 0.5) is 0 Å². The van der Waals surface area contributed by atoms with E-state index in [-0.39, 0.29) is 24.9 Å². The van der Waals surface area contributed by atoms with Gasteiger partial charge in [0.25, 0.3) is 0 Å². The number of benzene rings is 2. The van der Waals surface area contributed by atoms with Crippen LogP contribution < -0.4 is 10.6 Å². The van der Waals surface area contributed by atoms with Gasteiger partial charge in [0.2, 0.25) is 0 Å². The monoisotopic (exact) mass is 367 g/mol. The van der Waals surface area contributed by atoms with Crippen LogP contribution >= 0.6 is 0 Å². The summed E-state index contributed by atoms with van der Waals surface area (Å²) in [5.41, 5.74) is 2.62. The maximum absolute atomic E-state index is 9.13. The summed E-state index contributed by atoms with van der Waals surface area (Å²) in [6, 6.07) is 22.3. The lowest BCUT2D eigenvalue weighted by molar-refractivity contribution is 0.0780. The first-order chi connectivity index (χ1) is 13.2. The van der Waals surface area contributed by atoms with Gasteiger partial charge in [-0.05, 0) is 37.8 Å². The third-order valence-corrected chi connectivity index (χ3v) is 5.44. The second-order valence-electron chi connectivity index (χ2n) is 7.63. The molecular weight excluding hydrogens is 334 g/mol. The first-order valence-corrected chi connectivity index (χ1v) is 10.2. The van der Waals surface area contributed by atoms with Crippen molar-refractivity contribution in [1.82, 2.24) is 15.5 Å². The maximum atomic E-state index is 9.13. The Bertz CT molecular complexity index is 662. The van der Waals surface area contributed by atoms with Crippen LogP contribution in [0.25, 0.3) is 0 Å². The van der Waals surface area contributed by atoms with Gasteiger partial charge in [0.15, 0.2) is 0 Å².